The normalized spacial score (nSPS) is 11.2. The Morgan fingerprint density at radius 2 is 1.75 bits per heavy atom. The maximum atomic E-state index is 12.3. The third-order valence-corrected chi connectivity index (χ3v) is 4.07. The van der Waals surface area contributed by atoms with E-state index < -0.39 is 0 Å². The highest BCUT2D eigenvalue weighted by atomic mass is 16.3. The molecule has 4 nitrogen and oxygen atoms in total. The second-order valence-electron chi connectivity index (χ2n) is 6.95. The molecule has 0 atom stereocenters. The molecule has 4 heteroatoms. The number of phenolic OH excluding ortho intramolecular Hbond substituents is 1. The molecule has 0 aliphatic rings. The second-order valence-corrected chi connectivity index (χ2v) is 6.95. The first-order valence-electron chi connectivity index (χ1n) is 8.19. The number of carbonyl (C=O) groups excluding carboxylic acids is 1. The zero-order valence-electron chi connectivity index (χ0n) is 14.8. The Morgan fingerprint density at radius 3 is 2.42 bits per heavy atom. The minimum atomic E-state index is -0.334. The molecule has 0 bridgehead atoms. The molecule has 128 valence electrons. The van der Waals surface area contributed by atoms with Crippen molar-refractivity contribution < 1.29 is 9.90 Å². The largest absolute Gasteiger partial charge is 0.508 e. The predicted molar refractivity (Wildman–Crippen MR) is 98.6 cm³/mol. The summed E-state index contributed by atoms with van der Waals surface area (Å²) in [6, 6.07) is 13.0. The zero-order chi connectivity index (χ0) is 17.7. The average Bonchev–Trinajstić information content (AvgIpc) is 2.50. The molecule has 0 unspecified atom stereocenters. The van der Waals surface area contributed by atoms with Crippen molar-refractivity contribution in [2.45, 2.75) is 46.1 Å². The lowest BCUT2D eigenvalue weighted by Crippen LogP contribution is -2.45. The van der Waals surface area contributed by atoms with Gasteiger partial charge in [0, 0.05) is 11.2 Å². The van der Waals surface area contributed by atoms with Crippen LogP contribution in [0.15, 0.2) is 42.5 Å². The molecule has 0 aliphatic carbocycles. The molecule has 0 fully saturated rings. The molecule has 0 heterocycles. The summed E-state index contributed by atoms with van der Waals surface area (Å²) in [4.78, 5) is 12.3. The van der Waals surface area contributed by atoms with Crippen molar-refractivity contribution in [1.29, 1.82) is 0 Å². The van der Waals surface area contributed by atoms with Crippen LogP contribution < -0.4 is 10.6 Å². The number of nitrogens with one attached hydrogen (secondary N) is 2. The summed E-state index contributed by atoms with van der Waals surface area (Å²) < 4.78 is 0. The first-order chi connectivity index (χ1) is 11.2. The van der Waals surface area contributed by atoms with E-state index >= 15 is 0 Å². The molecule has 3 N–H and O–H groups in total. The molecule has 24 heavy (non-hydrogen) atoms. The number of hydrogen-bond donors (Lipinski definition) is 3. The van der Waals surface area contributed by atoms with Gasteiger partial charge in [0.25, 0.3) is 0 Å². The number of aromatic hydroxyl groups is 1. The maximum absolute atomic E-state index is 12.3. The van der Waals surface area contributed by atoms with Gasteiger partial charge in [-0.15, -0.1) is 0 Å². The van der Waals surface area contributed by atoms with Gasteiger partial charge in [0.05, 0.1) is 0 Å². The summed E-state index contributed by atoms with van der Waals surface area (Å²) >= 11 is 0. The molecular weight excluding hydrogens is 300 g/mol. The van der Waals surface area contributed by atoms with Crippen LogP contribution in [-0.4, -0.2) is 16.7 Å². The first-order valence-corrected chi connectivity index (χ1v) is 8.19. The van der Waals surface area contributed by atoms with Gasteiger partial charge in [-0.3, -0.25) is 0 Å². The molecule has 0 aliphatic heterocycles. The minimum Gasteiger partial charge on any atom is -0.508 e. The zero-order valence-corrected chi connectivity index (χ0v) is 14.8. The van der Waals surface area contributed by atoms with E-state index in [1.54, 1.807) is 12.1 Å². The van der Waals surface area contributed by atoms with Crippen LogP contribution in [0.25, 0.3) is 0 Å². The molecule has 0 saturated heterocycles. The van der Waals surface area contributed by atoms with Gasteiger partial charge < -0.3 is 15.7 Å². The Kier molecular flexibility index (Phi) is 5.50. The lowest BCUT2D eigenvalue weighted by Gasteiger charge is -2.26. The number of amides is 2. The summed E-state index contributed by atoms with van der Waals surface area (Å²) in [5, 5.41) is 15.3. The number of rotatable bonds is 5. The maximum Gasteiger partial charge on any atom is 0.319 e. The summed E-state index contributed by atoms with van der Waals surface area (Å²) in [5.74, 6) is 0.268. The lowest BCUT2D eigenvalue weighted by atomic mass is 9.95. The SMILES string of the molecule is Cc1ccc(C)c(NC(=O)NC(C)(C)CCc2ccc(O)cc2)c1. The highest BCUT2D eigenvalue weighted by Gasteiger charge is 2.20. The highest BCUT2D eigenvalue weighted by molar-refractivity contribution is 5.90. The van der Waals surface area contributed by atoms with Gasteiger partial charge in [-0.25, -0.2) is 4.79 Å². The topological polar surface area (TPSA) is 61.4 Å². The Hall–Kier alpha value is -2.49. The van der Waals surface area contributed by atoms with Crippen molar-refractivity contribution in [2.24, 2.45) is 0 Å². The number of urea groups is 1. The van der Waals surface area contributed by atoms with Crippen molar-refractivity contribution in [3.63, 3.8) is 0 Å². The van der Waals surface area contributed by atoms with Gasteiger partial charge in [-0.05, 0) is 75.4 Å². The fraction of sp³-hybridized carbons (Fsp3) is 0.350. The number of aryl methyl sites for hydroxylation is 3. The van der Waals surface area contributed by atoms with Crippen LogP contribution in [0.4, 0.5) is 10.5 Å². The number of anilines is 1. The predicted octanol–water partition coefficient (Wildman–Crippen LogP) is 4.54. The van der Waals surface area contributed by atoms with E-state index in [1.165, 1.54) is 0 Å². The van der Waals surface area contributed by atoms with Crippen molar-refractivity contribution in [3.8, 4) is 5.75 Å². The van der Waals surface area contributed by atoms with Crippen LogP contribution >= 0.6 is 0 Å². The first kappa shape index (κ1) is 17.9. The van der Waals surface area contributed by atoms with Gasteiger partial charge in [0.1, 0.15) is 5.75 Å². The fourth-order valence-corrected chi connectivity index (χ4v) is 2.51. The Morgan fingerprint density at radius 1 is 1.08 bits per heavy atom. The van der Waals surface area contributed by atoms with Gasteiger partial charge in [-0.2, -0.15) is 0 Å². The Balaban J connectivity index is 1.91. The molecule has 2 aromatic carbocycles. The average molecular weight is 326 g/mol. The lowest BCUT2D eigenvalue weighted by molar-refractivity contribution is 0.239. The fourth-order valence-electron chi connectivity index (χ4n) is 2.51. The van der Waals surface area contributed by atoms with Crippen LogP contribution in [0.2, 0.25) is 0 Å². The molecule has 0 aromatic heterocycles. The molecule has 2 aromatic rings. The molecular formula is C20H26N2O2. The third-order valence-electron chi connectivity index (χ3n) is 4.07. The van der Waals surface area contributed by atoms with Crippen molar-refractivity contribution in [1.82, 2.24) is 5.32 Å². The van der Waals surface area contributed by atoms with Crippen LogP contribution in [0.3, 0.4) is 0 Å². The van der Waals surface area contributed by atoms with E-state index in [0.717, 1.165) is 35.2 Å². The van der Waals surface area contributed by atoms with E-state index in [9.17, 15) is 9.90 Å². The van der Waals surface area contributed by atoms with Crippen LogP contribution in [0.1, 0.15) is 37.0 Å². The quantitative estimate of drug-likeness (QED) is 0.755. The van der Waals surface area contributed by atoms with Crippen molar-refractivity contribution in [2.75, 3.05) is 5.32 Å². The van der Waals surface area contributed by atoms with Crippen molar-refractivity contribution >= 4 is 11.7 Å². The van der Waals surface area contributed by atoms with Gasteiger partial charge in [-0.1, -0.05) is 24.3 Å². The second kappa shape index (κ2) is 7.39. The number of phenols is 1. The monoisotopic (exact) mass is 326 g/mol. The van der Waals surface area contributed by atoms with E-state index in [-0.39, 0.29) is 17.3 Å². The highest BCUT2D eigenvalue weighted by Crippen LogP contribution is 2.18. The van der Waals surface area contributed by atoms with E-state index in [1.807, 2.05) is 58.0 Å². The number of carbonyl (C=O) groups is 1. The Bertz CT molecular complexity index is 706. The summed E-state index contributed by atoms with van der Waals surface area (Å²) in [6.45, 7) is 8.00. The summed E-state index contributed by atoms with van der Waals surface area (Å²) in [6.07, 6.45) is 1.63. The third kappa shape index (κ3) is 5.30. The van der Waals surface area contributed by atoms with Crippen LogP contribution in [-0.2, 0) is 6.42 Å². The smallest absolute Gasteiger partial charge is 0.319 e. The van der Waals surface area contributed by atoms with E-state index in [4.69, 9.17) is 0 Å². The molecule has 2 amide bonds. The Labute approximate surface area is 143 Å². The molecule has 0 radical (unpaired) electrons. The molecule has 0 spiro atoms. The number of benzene rings is 2. The van der Waals surface area contributed by atoms with E-state index in [2.05, 4.69) is 10.6 Å². The van der Waals surface area contributed by atoms with Gasteiger partial charge in [0.15, 0.2) is 0 Å². The summed E-state index contributed by atoms with van der Waals surface area (Å²) in [5.41, 5.74) is 3.79. The molecule has 0 saturated carbocycles. The van der Waals surface area contributed by atoms with Gasteiger partial charge in [0.2, 0.25) is 0 Å². The van der Waals surface area contributed by atoms with E-state index in [0.29, 0.717) is 0 Å². The number of hydrogen-bond acceptors (Lipinski definition) is 2. The van der Waals surface area contributed by atoms with Crippen molar-refractivity contribution in [3.05, 3.63) is 59.2 Å². The molecule has 2 rings (SSSR count). The minimum absolute atomic E-state index is 0.195. The van der Waals surface area contributed by atoms with Crippen LogP contribution in [0, 0.1) is 13.8 Å². The summed E-state index contributed by atoms with van der Waals surface area (Å²) in [7, 11) is 0. The standard InChI is InChI=1S/C20H26N2O2/c1-14-5-6-15(2)18(13-14)21-19(24)22-20(3,4)12-11-16-7-9-17(23)10-8-16/h5-10,13,23H,11-12H2,1-4H3,(H2,21,22,24). The van der Waals surface area contributed by atoms with Gasteiger partial charge >= 0.3 is 6.03 Å². The van der Waals surface area contributed by atoms with Crippen LogP contribution in [0.5, 0.6) is 5.75 Å².